The summed E-state index contributed by atoms with van der Waals surface area (Å²) >= 11 is 0. The second-order valence-corrected chi connectivity index (χ2v) is 3.52. The topological polar surface area (TPSA) is 74.6 Å². The van der Waals surface area contributed by atoms with Crippen LogP contribution in [0.4, 0.5) is 0 Å². The highest BCUT2D eigenvalue weighted by atomic mass is 16.4. The van der Waals surface area contributed by atoms with Crippen molar-refractivity contribution in [3.63, 3.8) is 0 Å². The van der Waals surface area contributed by atoms with Crippen LogP contribution in [0.1, 0.15) is 16.7 Å². The van der Waals surface area contributed by atoms with Gasteiger partial charge in [0.2, 0.25) is 0 Å². The number of aryl methyl sites for hydroxylation is 1. The van der Waals surface area contributed by atoms with E-state index >= 15 is 0 Å². The monoisotopic (exact) mass is 232 g/mol. The molecule has 0 saturated carbocycles. The van der Waals surface area contributed by atoms with E-state index in [1.165, 1.54) is 12.2 Å². The Labute approximate surface area is 98.5 Å². The summed E-state index contributed by atoms with van der Waals surface area (Å²) in [5.41, 5.74) is 2.37. The van der Waals surface area contributed by atoms with Crippen molar-refractivity contribution in [3.8, 4) is 0 Å². The molecule has 1 aromatic rings. The van der Waals surface area contributed by atoms with E-state index in [9.17, 15) is 9.59 Å². The quantitative estimate of drug-likeness (QED) is 0.780. The molecule has 0 fully saturated rings. The second-order valence-electron chi connectivity index (χ2n) is 3.52. The fraction of sp³-hybridized carbons (Fsp3) is 0.0769. The maximum Gasteiger partial charge on any atom is 0.328 e. The molecule has 1 aromatic carbocycles. The Morgan fingerprint density at radius 1 is 0.941 bits per heavy atom. The molecule has 0 aromatic heterocycles. The number of rotatable bonds is 4. The van der Waals surface area contributed by atoms with Gasteiger partial charge in [-0.25, -0.2) is 9.59 Å². The molecule has 1 rings (SSSR count). The predicted molar refractivity (Wildman–Crippen MR) is 64.5 cm³/mol. The van der Waals surface area contributed by atoms with Crippen LogP contribution in [0, 0.1) is 6.92 Å². The number of carboxylic acid groups (broad SMARTS) is 2. The summed E-state index contributed by atoms with van der Waals surface area (Å²) in [6.45, 7) is 1.86. The minimum atomic E-state index is -1.02. The van der Waals surface area contributed by atoms with Gasteiger partial charge < -0.3 is 10.2 Å². The van der Waals surface area contributed by atoms with Crippen LogP contribution in [-0.4, -0.2) is 22.2 Å². The molecule has 0 spiro atoms. The Bertz CT molecular complexity index is 456. The van der Waals surface area contributed by atoms with Crippen molar-refractivity contribution >= 4 is 24.1 Å². The third-order valence-electron chi connectivity index (χ3n) is 1.96. The van der Waals surface area contributed by atoms with Crippen LogP contribution < -0.4 is 0 Å². The van der Waals surface area contributed by atoms with Crippen molar-refractivity contribution < 1.29 is 19.8 Å². The van der Waals surface area contributed by atoms with Crippen LogP contribution in [0.2, 0.25) is 0 Å². The molecule has 0 atom stereocenters. The van der Waals surface area contributed by atoms with Crippen molar-refractivity contribution in [2.45, 2.75) is 6.92 Å². The van der Waals surface area contributed by atoms with Crippen LogP contribution in [0.5, 0.6) is 0 Å². The first-order valence-corrected chi connectivity index (χ1v) is 4.91. The first-order valence-electron chi connectivity index (χ1n) is 4.91. The van der Waals surface area contributed by atoms with E-state index in [0.717, 1.165) is 28.8 Å². The Morgan fingerprint density at radius 3 is 1.71 bits per heavy atom. The normalized spacial score (nSPS) is 11.1. The first-order chi connectivity index (χ1) is 7.97. The van der Waals surface area contributed by atoms with Gasteiger partial charge in [0.1, 0.15) is 0 Å². The summed E-state index contributed by atoms with van der Waals surface area (Å²) in [6, 6.07) is 5.35. The van der Waals surface area contributed by atoms with Gasteiger partial charge in [0.25, 0.3) is 0 Å². The lowest BCUT2D eigenvalue weighted by atomic mass is 10.1. The van der Waals surface area contributed by atoms with E-state index in [0.29, 0.717) is 0 Å². The molecule has 0 amide bonds. The van der Waals surface area contributed by atoms with Crippen molar-refractivity contribution in [2.24, 2.45) is 0 Å². The standard InChI is InChI=1S/C13H12O4/c1-9-6-10(2-4-12(14)15)8-11(7-9)3-5-13(16)17/h2-8H,1H3,(H,14,15)(H,16,17)/b4-2+,5-3+. The average Bonchev–Trinajstić information content (AvgIpc) is 2.23. The van der Waals surface area contributed by atoms with Gasteiger partial charge in [-0.3, -0.25) is 0 Å². The minimum absolute atomic E-state index is 0.720. The Kier molecular flexibility index (Phi) is 4.22. The Hall–Kier alpha value is -2.36. The number of hydrogen-bond donors (Lipinski definition) is 2. The Balaban J connectivity index is 3.02. The number of hydrogen-bond acceptors (Lipinski definition) is 2. The lowest BCUT2D eigenvalue weighted by Gasteiger charge is -2.00. The smallest absolute Gasteiger partial charge is 0.328 e. The molecule has 17 heavy (non-hydrogen) atoms. The molecule has 4 nitrogen and oxygen atoms in total. The third-order valence-corrected chi connectivity index (χ3v) is 1.96. The van der Waals surface area contributed by atoms with Gasteiger partial charge in [-0.2, -0.15) is 0 Å². The highest BCUT2D eigenvalue weighted by molar-refractivity contribution is 5.86. The molecule has 0 saturated heterocycles. The molecule has 0 aliphatic heterocycles. The first kappa shape index (κ1) is 12.7. The fourth-order valence-corrected chi connectivity index (χ4v) is 1.37. The molecule has 0 radical (unpaired) electrons. The molecule has 0 aliphatic carbocycles. The zero-order valence-corrected chi connectivity index (χ0v) is 9.25. The SMILES string of the molecule is Cc1cc(/C=C/C(=O)O)cc(/C=C/C(=O)O)c1. The Morgan fingerprint density at radius 2 is 1.35 bits per heavy atom. The van der Waals surface area contributed by atoms with Crippen LogP contribution in [-0.2, 0) is 9.59 Å². The minimum Gasteiger partial charge on any atom is -0.478 e. The van der Waals surface area contributed by atoms with Gasteiger partial charge >= 0.3 is 11.9 Å². The second kappa shape index (κ2) is 5.65. The maximum absolute atomic E-state index is 10.4. The molecule has 2 N–H and O–H groups in total. The highest BCUT2D eigenvalue weighted by Gasteiger charge is 1.96. The van der Waals surface area contributed by atoms with Crippen molar-refractivity contribution in [3.05, 3.63) is 47.0 Å². The zero-order chi connectivity index (χ0) is 12.8. The summed E-state index contributed by atoms with van der Waals surface area (Å²) in [5, 5.41) is 17.0. The van der Waals surface area contributed by atoms with E-state index in [1.807, 2.05) is 19.1 Å². The molecule has 0 heterocycles. The summed E-state index contributed by atoms with van der Waals surface area (Å²) < 4.78 is 0. The van der Waals surface area contributed by atoms with Gasteiger partial charge in [-0.05, 0) is 41.8 Å². The molecule has 0 bridgehead atoms. The average molecular weight is 232 g/mol. The molecule has 0 unspecified atom stereocenters. The van der Waals surface area contributed by atoms with Gasteiger partial charge in [-0.1, -0.05) is 12.1 Å². The zero-order valence-electron chi connectivity index (χ0n) is 9.25. The number of aliphatic carboxylic acids is 2. The van der Waals surface area contributed by atoms with Crippen molar-refractivity contribution in [1.29, 1.82) is 0 Å². The van der Waals surface area contributed by atoms with Gasteiger partial charge in [0.05, 0.1) is 0 Å². The maximum atomic E-state index is 10.4. The van der Waals surface area contributed by atoms with Gasteiger partial charge in [-0.15, -0.1) is 0 Å². The number of carbonyl (C=O) groups is 2. The number of carboxylic acids is 2. The molecular weight excluding hydrogens is 220 g/mol. The predicted octanol–water partition coefficient (Wildman–Crippen LogP) is 2.19. The lowest BCUT2D eigenvalue weighted by molar-refractivity contribution is -0.132. The van der Waals surface area contributed by atoms with E-state index in [4.69, 9.17) is 10.2 Å². The fourth-order valence-electron chi connectivity index (χ4n) is 1.37. The van der Waals surface area contributed by atoms with Gasteiger partial charge in [0.15, 0.2) is 0 Å². The molecule has 88 valence electrons. The van der Waals surface area contributed by atoms with Gasteiger partial charge in [0, 0.05) is 12.2 Å². The van der Waals surface area contributed by atoms with E-state index < -0.39 is 11.9 Å². The number of benzene rings is 1. The summed E-state index contributed by atoms with van der Waals surface area (Å²) in [5.74, 6) is -2.04. The summed E-state index contributed by atoms with van der Waals surface area (Å²) in [4.78, 5) is 20.8. The molecule has 0 aliphatic rings. The van der Waals surface area contributed by atoms with Crippen molar-refractivity contribution in [2.75, 3.05) is 0 Å². The molecule has 4 heteroatoms. The van der Waals surface area contributed by atoms with Crippen LogP contribution in [0.15, 0.2) is 30.4 Å². The van der Waals surface area contributed by atoms with E-state index in [2.05, 4.69) is 0 Å². The van der Waals surface area contributed by atoms with Crippen LogP contribution in [0.25, 0.3) is 12.2 Å². The largest absolute Gasteiger partial charge is 0.478 e. The third kappa shape index (κ3) is 4.79. The lowest BCUT2D eigenvalue weighted by Crippen LogP contribution is -1.88. The van der Waals surface area contributed by atoms with Crippen molar-refractivity contribution in [1.82, 2.24) is 0 Å². The summed E-state index contributed by atoms with van der Waals surface area (Å²) in [7, 11) is 0. The van der Waals surface area contributed by atoms with E-state index in [-0.39, 0.29) is 0 Å². The van der Waals surface area contributed by atoms with Crippen LogP contribution >= 0.6 is 0 Å². The molecular formula is C13H12O4. The highest BCUT2D eigenvalue weighted by Crippen LogP contribution is 2.12. The summed E-state index contributed by atoms with van der Waals surface area (Å²) in [6.07, 6.45) is 5.01. The van der Waals surface area contributed by atoms with E-state index in [1.54, 1.807) is 6.07 Å². The van der Waals surface area contributed by atoms with Crippen LogP contribution in [0.3, 0.4) is 0 Å².